The number of rotatable bonds is 1. The molecule has 2 N–H and O–H groups in total. The predicted molar refractivity (Wildman–Crippen MR) is 30.5 cm³/mol. The smallest absolute Gasteiger partial charge is 0.193 e. The molecule has 1 heterocycles. The largest absolute Gasteiger partial charge is 0.386 e. The molecule has 0 spiro atoms. The van der Waals surface area contributed by atoms with Crippen molar-refractivity contribution < 1.29 is 10.0 Å². The average Bonchev–Trinajstić information content (AvgIpc) is 2.14. The molecule has 0 saturated carbocycles. The van der Waals surface area contributed by atoms with E-state index in [9.17, 15) is 0 Å². The molecule has 0 bridgehead atoms. The van der Waals surface area contributed by atoms with Gasteiger partial charge in [0.25, 0.3) is 0 Å². The number of hydrogen-bond donors (Lipinski definition) is 2. The number of nitrogens with zero attached hydrogens (tertiary/aromatic N) is 1. The van der Waals surface area contributed by atoms with Crippen molar-refractivity contribution in [1.29, 1.82) is 0 Å². The molecule has 3 nitrogen and oxygen atoms in total. The normalized spacial score (nSPS) is 26.2. The van der Waals surface area contributed by atoms with Crippen molar-refractivity contribution in [2.75, 3.05) is 13.7 Å². The molecule has 1 atom stereocenters. The molecular formula is C5H9N2O+. The quantitative estimate of drug-likeness (QED) is 0.421. The Morgan fingerprint density at radius 1 is 1.88 bits per heavy atom. The van der Waals surface area contributed by atoms with Crippen molar-refractivity contribution in [2.24, 2.45) is 4.99 Å². The molecule has 44 valence electrons. The number of aliphatic hydroxyl groups is 1. The second kappa shape index (κ2) is 2.07. The van der Waals surface area contributed by atoms with Gasteiger partial charge in [-0.2, -0.15) is 0 Å². The molecule has 1 unspecified atom stereocenters. The van der Waals surface area contributed by atoms with Crippen molar-refractivity contribution in [3.05, 3.63) is 11.9 Å². The summed E-state index contributed by atoms with van der Waals surface area (Å²) in [6.07, 6.45) is 3.42. The Kier molecular flexibility index (Phi) is 1.41. The van der Waals surface area contributed by atoms with Crippen LogP contribution in [0.4, 0.5) is 0 Å². The lowest BCUT2D eigenvalue weighted by molar-refractivity contribution is -0.728. The van der Waals surface area contributed by atoms with Crippen LogP contribution in [-0.4, -0.2) is 25.1 Å². The number of likely N-dealkylation sites (N-methyl/N-ethyl adjacent to an activating group) is 1. The SMILES string of the molecule is C[NH+]1C=NC=C1CO. The minimum absolute atomic E-state index is 0.103. The zero-order valence-electron chi connectivity index (χ0n) is 4.76. The minimum atomic E-state index is 0.103. The maximum absolute atomic E-state index is 8.57. The zero-order valence-corrected chi connectivity index (χ0v) is 4.76. The summed E-state index contributed by atoms with van der Waals surface area (Å²) in [5, 5.41) is 8.57. The lowest BCUT2D eigenvalue weighted by Gasteiger charge is -2.00. The van der Waals surface area contributed by atoms with Gasteiger partial charge in [-0.25, -0.2) is 4.99 Å². The maximum atomic E-state index is 8.57. The van der Waals surface area contributed by atoms with E-state index in [1.807, 2.05) is 7.05 Å². The van der Waals surface area contributed by atoms with E-state index < -0.39 is 0 Å². The second-order valence-electron chi connectivity index (χ2n) is 1.77. The summed E-state index contributed by atoms with van der Waals surface area (Å²) in [7, 11) is 1.93. The van der Waals surface area contributed by atoms with Crippen LogP contribution in [0.3, 0.4) is 0 Å². The molecule has 0 aliphatic carbocycles. The van der Waals surface area contributed by atoms with Crippen molar-refractivity contribution in [1.82, 2.24) is 0 Å². The first-order valence-corrected chi connectivity index (χ1v) is 2.51. The fourth-order valence-electron chi connectivity index (χ4n) is 0.589. The van der Waals surface area contributed by atoms with Crippen LogP contribution in [0.2, 0.25) is 0 Å². The molecule has 0 aromatic rings. The number of aliphatic imine (C=N–C) groups is 1. The Bertz CT molecular complexity index is 139. The van der Waals surface area contributed by atoms with Crippen molar-refractivity contribution >= 4 is 6.34 Å². The number of nitrogens with one attached hydrogen (secondary N) is 1. The Hall–Kier alpha value is -0.670. The van der Waals surface area contributed by atoms with Crippen molar-refractivity contribution in [2.45, 2.75) is 0 Å². The molecule has 0 aromatic heterocycles. The molecule has 1 aliphatic heterocycles. The predicted octanol–water partition coefficient (Wildman–Crippen LogP) is -1.62. The van der Waals surface area contributed by atoms with E-state index in [2.05, 4.69) is 4.99 Å². The van der Waals surface area contributed by atoms with Gasteiger partial charge in [0.05, 0.1) is 13.2 Å². The summed E-state index contributed by atoms with van der Waals surface area (Å²) in [4.78, 5) is 4.90. The van der Waals surface area contributed by atoms with Gasteiger partial charge in [-0.1, -0.05) is 0 Å². The molecule has 8 heavy (non-hydrogen) atoms. The van der Waals surface area contributed by atoms with Crippen LogP contribution in [-0.2, 0) is 0 Å². The number of hydrogen-bond acceptors (Lipinski definition) is 2. The van der Waals surface area contributed by atoms with Crippen LogP contribution < -0.4 is 4.90 Å². The zero-order chi connectivity index (χ0) is 5.98. The highest BCUT2D eigenvalue weighted by Crippen LogP contribution is 1.83. The third-order valence-corrected chi connectivity index (χ3v) is 1.18. The molecule has 3 heteroatoms. The van der Waals surface area contributed by atoms with E-state index >= 15 is 0 Å². The van der Waals surface area contributed by atoms with E-state index in [0.717, 1.165) is 10.6 Å². The van der Waals surface area contributed by atoms with Gasteiger partial charge in [-0.15, -0.1) is 0 Å². The van der Waals surface area contributed by atoms with E-state index in [0.29, 0.717) is 0 Å². The standard InChI is InChI=1S/C5H8N2O/c1-7-4-6-2-5(7)3-8/h2,4,8H,3H2,1H3/p+1. The Morgan fingerprint density at radius 3 is 2.88 bits per heavy atom. The Morgan fingerprint density at radius 2 is 2.62 bits per heavy atom. The molecule has 0 radical (unpaired) electrons. The molecule has 0 aromatic carbocycles. The van der Waals surface area contributed by atoms with Crippen LogP contribution in [0.1, 0.15) is 0 Å². The lowest BCUT2D eigenvalue weighted by atomic mass is 10.5. The minimum Gasteiger partial charge on any atom is -0.386 e. The summed E-state index contributed by atoms with van der Waals surface area (Å²) in [6, 6.07) is 0. The summed E-state index contributed by atoms with van der Waals surface area (Å²) < 4.78 is 0. The number of aliphatic hydroxyl groups excluding tert-OH is 1. The third-order valence-electron chi connectivity index (χ3n) is 1.18. The van der Waals surface area contributed by atoms with E-state index in [1.165, 1.54) is 0 Å². The molecule has 0 amide bonds. The van der Waals surface area contributed by atoms with Crippen molar-refractivity contribution in [3.63, 3.8) is 0 Å². The summed E-state index contributed by atoms with van der Waals surface area (Å²) >= 11 is 0. The lowest BCUT2D eigenvalue weighted by Crippen LogP contribution is -3.05. The monoisotopic (exact) mass is 113 g/mol. The van der Waals surface area contributed by atoms with Gasteiger partial charge >= 0.3 is 0 Å². The molecule has 1 aliphatic rings. The molecule has 1 rings (SSSR count). The number of quaternary nitrogens is 1. The Labute approximate surface area is 48.0 Å². The van der Waals surface area contributed by atoms with Gasteiger partial charge in [0.2, 0.25) is 0 Å². The second-order valence-corrected chi connectivity index (χ2v) is 1.77. The first-order valence-electron chi connectivity index (χ1n) is 2.51. The summed E-state index contributed by atoms with van der Waals surface area (Å²) in [6.45, 7) is 0.103. The average molecular weight is 113 g/mol. The highest BCUT2D eigenvalue weighted by molar-refractivity contribution is 5.48. The van der Waals surface area contributed by atoms with Gasteiger partial charge in [-0.05, 0) is 0 Å². The van der Waals surface area contributed by atoms with Gasteiger partial charge in [0, 0.05) is 0 Å². The van der Waals surface area contributed by atoms with Gasteiger partial charge in [0.15, 0.2) is 12.0 Å². The summed E-state index contributed by atoms with van der Waals surface area (Å²) in [5.41, 5.74) is 0.921. The van der Waals surface area contributed by atoms with Crippen LogP contribution in [0.15, 0.2) is 16.9 Å². The molecular weight excluding hydrogens is 104 g/mol. The highest BCUT2D eigenvalue weighted by atomic mass is 16.3. The van der Waals surface area contributed by atoms with E-state index in [-0.39, 0.29) is 6.61 Å². The van der Waals surface area contributed by atoms with Crippen LogP contribution in [0.5, 0.6) is 0 Å². The van der Waals surface area contributed by atoms with Gasteiger partial charge < -0.3 is 5.11 Å². The molecule has 0 fully saturated rings. The van der Waals surface area contributed by atoms with E-state index in [1.54, 1.807) is 12.5 Å². The van der Waals surface area contributed by atoms with Crippen LogP contribution in [0.25, 0.3) is 0 Å². The van der Waals surface area contributed by atoms with Crippen LogP contribution in [0, 0.1) is 0 Å². The topological polar surface area (TPSA) is 37.0 Å². The fourth-order valence-corrected chi connectivity index (χ4v) is 0.589. The maximum Gasteiger partial charge on any atom is 0.193 e. The van der Waals surface area contributed by atoms with E-state index in [4.69, 9.17) is 5.11 Å². The first-order chi connectivity index (χ1) is 3.84. The molecule has 0 saturated heterocycles. The fraction of sp³-hybridized carbons (Fsp3) is 0.400. The summed E-state index contributed by atoms with van der Waals surface area (Å²) in [5.74, 6) is 0. The highest BCUT2D eigenvalue weighted by Gasteiger charge is 2.09. The van der Waals surface area contributed by atoms with Gasteiger partial charge in [-0.3, -0.25) is 4.90 Å². The first kappa shape index (κ1) is 5.47. The van der Waals surface area contributed by atoms with Crippen molar-refractivity contribution in [3.8, 4) is 0 Å². The van der Waals surface area contributed by atoms with Gasteiger partial charge in [0.1, 0.15) is 6.61 Å². The van der Waals surface area contributed by atoms with Crippen LogP contribution >= 0.6 is 0 Å². The third kappa shape index (κ3) is 0.778. The Balaban J connectivity index is 2.59.